The van der Waals surface area contributed by atoms with Gasteiger partial charge in [-0.25, -0.2) is 8.78 Å². The van der Waals surface area contributed by atoms with Crippen molar-refractivity contribution in [3.63, 3.8) is 0 Å². The van der Waals surface area contributed by atoms with Crippen molar-refractivity contribution in [2.24, 2.45) is 0 Å². The van der Waals surface area contributed by atoms with Crippen molar-refractivity contribution >= 4 is 23.2 Å². The van der Waals surface area contributed by atoms with E-state index in [9.17, 15) is 13.6 Å². The van der Waals surface area contributed by atoms with Crippen LogP contribution in [0.1, 0.15) is 38.5 Å². The number of amides is 1. The Labute approximate surface area is 116 Å². The second-order valence-corrected chi connectivity index (χ2v) is 5.19. The Hall–Kier alpha value is -1.16. The summed E-state index contributed by atoms with van der Waals surface area (Å²) in [5.41, 5.74) is 0.00923. The third-order valence-corrected chi connectivity index (χ3v) is 3.61. The van der Waals surface area contributed by atoms with Crippen molar-refractivity contribution in [2.45, 2.75) is 38.5 Å². The van der Waals surface area contributed by atoms with Gasteiger partial charge in [0.15, 0.2) is 5.82 Å². The summed E-state index contributed by atoms with van der Waals surface area (Å²) in [7, 11) is 0. The van der Waals surface area contributed by atoms with Crippen LogP contribution in [0.15, 0.2) is 12.1 Å². The standard InChI is InChI=1S/C14H16ClF2NO/c15-11-8-10(16)9-12(17)14(11)18-7-5-3-1-2-4-6-13(18)19/h8-9H,1-7H2. The number of rotatable bonds is 1. The van der Waals surface area contributed by atoms with Crippen molar-refractivity contribution in [2.75, 3.05) is 11.4 Å². The van der Waals surface area contributed by atoms with Crippen LogP contribution in [0.5, 0.6) is 0 Å². The molecule has 1 aliphatic rings. The molecular formula is C14H16ClF2NO. The quantitative estimate of drug-likeness (QED) is 0.754. The molecule has 0 N–H and O–H groups in total. The smallest absolute Gasteiger partial charge is 0.227 e. The SMILES string of the molecule is O=C1CCCCCCCN1c1c(F)cc(F)cc1Cl. The average molecular weight is 288 g/mol. The Bertz CT molecular complexity index is 456. The molecule has 2 nitrogen and oxygen atoms in total. The first-order chi connectivity index (χ1) is 9.09. The molecule has 1 saturated heterocycles. The molecule has 0 bridgehead atoms. The van der Waals surface area contributed by atoms with E-state index < -0.39 is 11.6 Å². The molecule has 0 spiro atoms. The van der Waals surface area contributed by atoms with Crippen LogP contribution in [0.3, 0.4) is 0 Å². The van der Waals surface area contributed by atoms with Gasteiger partial charge in [-0.05, 0) is 18.9 Å². The highest BCUT2D eigenvalue weighted by atomic mass is 35.5. The molecule has 104 valence electrons. The van der Waals surface area contributed by atoms with Crippen LogP contribution < -0.4 is 4.90 Å². The molecule has 0 radical (unpaired) electrons. The number of halogens is 3. The van der Waals surface area contributed by atoms with Crippen molar-refractivity contribution in [3.8, 4) is 0 Å². The summed E-state index contributed by atoms with van der Waals surface area (Å²) >= 11 is 5.89. The summed E-state index contributed by atoms with van der Waals surface area (Å²) in [6.07, 6.45) is 5.09. The van der Waals surface area contributed by atoms with E-state index in [4.69, 9.17) is 11.6 Å². The minimum Gasteiger partial charge on any atom is -0.308 e. The maximum absolute atomic E-state index is 13.9. The van der Waals surface area contributed by atoms with E-state index in [1.807, 2.05) is 0 Å². The minimum atomic E-state index is -0.780. The highest BCUT2D eigenvalue weighted by Crippen LogP contribution is 2.31. The molecule has 0 saturated carbocycles. The summed E-state index contributed by atoms with van der Waals surface area (Å²) in [4.78, 5) is 13.5. The average Bonchev–Trinajstić information content (AvgIpc) is 2.42. The number of nitrogens with zero attached hydrogens (tertiary/aromatic N) is 1. The van der Waals surface area contributed by atoms with Crippen LogP contribution in [0.25, 0.3) is 0 Å². The highest BCUT2D eigenvalue weighted by molar-refractivity contribution is 6.33. The lowest BCUT2D eigenvalue weighted by atomic mass is 10.1. The zero-order chi connectivity index (χ0) is 13.8. The number of hydrogen-bond donors (Lipinski definition) is 0. The molecule has 1 heterocycles. The monoisotopic (exact) mass is 287 g/mol. The molecule has 2 rings (SSSR count). The zero-order valence-electron chi connectivity index (χ0n) is 10.6. The summed E-state index contributed by atoms with van der Waals surface area (Å²) in [6, 6.07) is 1.81. The maximum atomic E-state index is 13.9. The second-order valence-electron chi connectivity index (χ2n) is 4.78. The molecule has 0 aromatic heterocycles. The lowest BCUT2D eigenvalue weighted by Gasteiger charge is -2.23. The summed E-state index contributed by atoms with van der Waals surface area (Å²) in [6.45, 7) is 0.432. The Morgan fingerprint density at radius 3 is 2.47 bits per heavy atom. The molecule has 0 unspecified atom stereocenters. The third kappa shape index (κ3) is 3.44. The Morgan fingerprint density at radius 2 is 1.74 bits per heavy atom. The first-order valence-corrected chi connectivity index (χ1v) is 6.92. The molecule has 5 heteroatoms. The van der Waals surface area contributed by atoms with Crippen molar-refractivity contribution in [1.82, 2.24) is 0 Å². The minimum absolute atomic E-state index is 0.00923. The molecule has 0 aliphatic carbocycles. The van der Waals surface area contributed by atoms with Gasteiger partial charge in [0.05, 0.1) is 10.7 Å². The second kappa shape index (κ2) is 6.33. The largest absolute Gasteiger partial charge is 0.308 e. The van der Waals surface area contributed by atoms with Gasteiger partial charge in [0.25, 0.3) is 0 Å². The lowest BCUT2D eigenvalue weighted by Crippen LogP contribution is -2.32. The predicted molar refractivity (Wildman–Crippen MR) is 71.4 cm³/mol. The Balaban J connectivity index is 2.33. The first kappa shape index (κ1) is 14.3. The fourth-order valence-corrected chi connectivity index (χ4v) is 2.66. The van der Waals surface area contributed by atoms with E-state index in [1.54, 1.807) is 0 Å². The van der Waals surface area contributed by atoms with Crippen LogP contribution in [0.2, 0.25) is 5.02 Å². The molecule has 1 aromatic rings. The van der Waals surface area contributed by atoms with Crippen LogP contribution in [-0.2, 0) is 4.79 Å². The van der Waals surface area contributed by atoms with Crippen molar-refractivity contribution in [3.05, 3.63) is 28.8 Å². The van der Waals surface area contributed by atoms with Gasteiger partial charge in [-0.15, -0.1) is 0 Å². The number of anilines is 1. The van der Waals surface area contributed by atoms with Gasteiger partial charge in [-0.3, -0.25) is 4.79 Å². The highest BCUT2D eigenvalue weighted by Gasteiger charge is 2.23. The number of carbonyl (C=O) groups is 1. The molecule has 19 heavy (non-hydrogen) atoms. The fourth-order valence-electron chi connectivity index (χ4n) is 2.37. The molecule has 1 aromatic carbocycles. The fraction of sp³-hybridized carbons (Fsp3) is 0.500. The van der Waals surface area contributed by atoms with Crippen LogP contribution in [0, 0.1) is 11.6 Å². The van der Waals surface area contributed by atoms with Gasteiger partial charge in [0.1, 0.15) is 5.82 Å². The van der Waals surface area contributed by atoms with Gasteiger partial charge in [-0.2, -0.15) is 0 Å². The predicted octanol–water partition coefficient (Wildman–Crippen LogP) is 4.31. The molecule has 0 atom stereocenters. The molecule has 1 fully saturated rings. The van der Waals surface area contributed by atoms with E-state index >= 15 is 0 Å². The van der Waals surface area contributed by atoms with Gasteiger partial charge in [-0.1, -0.05) is 30.9 Å². The molecule has 1 aliphatic heterocycles. The first-order valence-electron chi connectivity index (χ1n) is 6.54. The summed E-state index contributed by atoms with van der Waals surface area (Å²) in [5, 5.41) is -0.0508. The molecule has 1 amide bonds. The third-order valence-electron chi connectivity index (χ3n) is 3.32. The number of carbonyl (C=O) groups excluding carboxylic acids is 1. The number of benzene rings is 1. The Morgan fingerprint density at radius 1 is 1.05 bits per heavy atom. The van der Waals surface area contributed by atoms with E-state index in [2.05, 4.69) is 0 Å². The van der Waals surface area contributed by atoms with Crippen LogP contribution >= 0.6 is 11.6 Å². The summed E-state index contributed by atoms with van der Waals surface area (Å²) in [5.74, 6) is -1.66. The number of hydrogen-bond acceptors (Lipinski definition) is 1. The van der Waals surface area contributed by atoms with Crippen molar-refractivity contribution in [1.29, 1.82) is 0 Å². The lowest BCUT2D eigenvalue weighted by molar-refractivity contribution is -0.118. The van der Waals surface area contributed by atoms with Crippen molar-refractivity contribution < 1.29 is 13.6 Å². The van der Waals surface area contributed by atoms with Gasteiger partial charge < -0.3 is 4.90 Å². The van der Waals surface area contributed by atoms with Crippen LogP contribution in [-0.4, -0.2) is 12.5 Å². The van der Waals surface area contributed by atoms with E-state index in [1.165, 1.54) is 4.90 Å². The van der Waals surface area contributed by atoms with Gasteiger partial charge >= 0.3 is 0 Å². The van der Waals surface area contributed by atoms with Gasteiger partial charge in [0, 0.05) is 19.0 Å². The van der Waals surface area contributed by atoms with Crippen LogP contribution in [0.4, 0.5) is 14.5 Å². The van der Waals surface area contributed by atoms with E-state index in [-0.39, 0.29) is 16.6 Å². The maximum Gasteiger partial charge on any atom is 0.227 e. The zero-order valence-corrected chi connectivity index (χ0v) is 11.3. The molecular weight excluding hydrogens is 272 g/mol. The van der Waals surface area contributed by atoms with E-state index in [0.29, 0.717) is 13.0 Å². The summed E-state index contributed by atoms with van der Waals surface area (Å²) < 4.78 is 26.9. The van der Waals surface area contributed by atoms with Gasteiger partial charge in [0.2, 0.25) is 5.91 Å². The van der Waals surface area contributed by atoms with E-state index in [0.717, 1.165) is 44.2 Å². The topological polar surface area (TPSA) is 20.3 Å². The Kier molecular flexibility index (Phi) is 4.75. The normalized spacial score (nSPS) is 17.8.